The van der Waals surface area contributed by atoms with E-state index in [4.69, 9.17) is 0 Å². The highest BCUT2D eigenvalue weighted by molar-refractivity contribution is 9.09. The first-order valence-electron chi connectivity index (χ1n) is 6.48. The van der Waals surface area contributed by atoms with Crippen LogP contribution in [0.25, 0.3) is 0 Å². The van der Waals surface area contributed by atoms with Gasteiger partial charge in [0.2, 0.25) is 0 Å². The normalized spacial score (nSPS) is 12.2. The maximum atomic E-state index is 13.5. The highest BCUT2D eigenvalue weighted by Gasteiger charge is 2.19. The van der Waals surface area contributed by atoms with E-state index in [0.29, 0.717) is 6.54 Å². The molecule has 1 atom stereocenters. The summed E-state index contributed by atoms with van der Waals surface area (Å²) in [7, 11) is 0. The van der Waals surface area contributed by atoms with Crippen LogP contribution in [0.4, 0.5) is 13.2 Å². The van der Waals surface area contributed by atoms with E-state index in [2.05, 4.69) is 21.2 Å². The Balaban J connectivity index is 2.69. The van der Waals surface area contributed by atoms with Crippen LogP contribution < -0.4 is 5.32 Å². The van der Waals surface area contributed by atoms with Crippen LogP contribution in [0.2, 0.25) is 0 Å². The second kappa shape index (κ2) is 8.29. The van der Waals surface area contributed by atoms with Gasteiger partial charge in [-0.15, -0.1) is 0 Å². The van der Waals surface area contributed by atoms with E-state index in [0.717, 1.165) is 36.7 Å². The first-order chi connectivity index (χ1) is 9.51. The third-order valence-corrected chi connectivity index (χ3v) is 3.50. The molecule has 0 saturated carbocycles. The van der Waals surface area contributed by atoms with Crippen LogP contribution in [0, 0.1) is 23.4 Å². The standard InChI is InChI=1S/C14H17BrF3NO/c1-2-3-9(6-7-15)8-19-14(20)10-4-5-11(16)13(18)12(10)17/h4-5,9H,2-3,6-8H2,1H3,(H,19,20). The first kappa shape index (κ1) is 17.0. The van der Waals surface area contributed by atoms with E-state index in [1.54, 1.807) is 0 Å². The summed E-state index contributed by atoms with van der Waals surface area (Å²) >= 11 is 3.34. The van der Waals surface area contributed by atoms with E-state index in [9.17, 15) is 18.0 Å². The van der Waals surface area contributed by atoms with Gasteiger partial charge < -0.3 is 5.32 Å². The van der Waals surface area contributed by atoms with Crippen LogP contribution in [-0.2, 0) is 0 Å². The van der Waals surface area contributed by atoms with E-state index in [1.165, 1.54) is 0 Å². The van der Waals surface area contributed by atoms with Gasteiger partial charge in [-0.2, -0.15) is 0 Å². The number of amides is 1. The van der Waals surface area contributed by atoms with E-state index in [1.807, 2.05) is 6.92 Å². The van der Waals surface area contributed by atoms with Crippen molar-refractivity contribution >= 4 is 21.8 Å². The molecule has 0 aliphatic rings. The Morgan fingerprint density at radius 1 is 1.25 bits per heavy atom. The minimum absolute atomic E-state index is 0.275. The molecule has 0 spiro atoms. The van der Waals surface area contributed by atoms with Crippen molar-refractivity contribution in [3.8, 4) is 0 Å². The first-order valence-corrected chi connectivity index (χ1v) is 7.61. The second-order valence-corrected chi connectivity index (χ2v) is 5.36. The third kappa shape index (κ3) is 4.51. The van der Waals surface area contributed by atoms with Crippen LogP contribution in [0.1, 0.15) is 36.5 Å². The molecule has 0 aliphatic heterocycles. The zero-order valence-electron chi connectivity index (χ0n) is 11.2. The Morgan fingerprint density at radius 2 is 1.95 bits per heavy atom. The Labute approximate surface area is 124 Å². The summed E-state index contributed by atoms with van der Waals surface area (Å²) in [5, 5.41) is 3.38. The topological polar surface area (TPSA) is 29.1 Å². The molecule has 0 aliphatic carbocycles. The average Bonchev–Trinajstić information content (AvgIpc) is 2.42. The van der Waals surface area contributed by atoms with E-state index >= 15 is 0 Å². The summed E-state index contributed by atoms with van der Waals surface area (Å²) in [6.45, 7) is 2.43. The number of carbonyl (C=O) groups is 1. The summed E-state index contributed by atoms with van der Waals surface area (Å²) in [5.41, 5.74) is -0.474. The second-order valence-electron chi connectivity index (χ2n) is 4.57. The van der Waals surface area contributed by atoms with Crippen molar-refractivity contribution in [3.63, 3.8) is 0 Å². The smallest absolute Gasteiger partial charge is 0.254 e. The minimum atomic E-state index is -1.62. The fourth-order valence-corrected chi connectivity index (χ4v) is 2.59. The number of nitrogens with one attached hydrogen (secondary N) is 1. The van der Waals surface area contributed by atoms with Crippen molar-refractivity contribution in [1.82, 2.24) is 5.32 Å². The van der Waals surface area contributed by atoms with Gasteiger partial charge in [0.1, 0.15) is 0 Å². The highest BCUT2D eigenvalue weighted by Crippen LogP contribution is 2.16. The van der Waals surface area contributed by atoms with Gasteiger partial charge in [-0.1, -0.05) is 29.3 Å². The maximum absolute atomic E-state index is 13.5. The number of rotatable bonds is 7. The molecule has 0 bridgehead atoms. The summed E-state index contributed by atoms with van der Waals surface area (Å²) < 4.78 is 39.3. The lowest BCUT2D eigenvalue weighted by atomic mass is 10.0. The number of halogens is 4. The number of carbonyl (C=O) groups excluding carboxylic acids is 1. The fourth-order valence-electron chi connectivity index (χ4n) is 1.94. The molecule has 0 radical (unpaired) electrons. The molecule has 1 aromatic rings. The van der Waals surface area contributed by atoms with Crippen molar-refractivity contribution in [2.24, 2.45) is 5.92 Å². The molecular weight excluding hydrogens is 335 g/mol. The molecule has 0 saturated heterocycles. The molecule has 1 aromatic carbocycles. The van der Waals surface area contributed by atoms with Gasteiger partial charge >= 0.3 is 0 Å². The van der Waals surface area contributed by atoms with Gasteiger partial charge in [-0.25, -0.2) is 13.2 Å². The Hall–Kier alpha value is -1.04. The van der Waals surface area contributed by atoms with Gasteiger partial charge in [0, 0.05) is 11.9 Å². The van der Waals surface area contributed by atoms with Crippen molar-refractivity contribution in [1.29, 1.82) is 0 Å². The molecule has 1 unspecified atom stereocenters. The lowest BCUT2D eigenvalue weighted by Gasteiger charge is -2.15. The average molecular weight is 352 g/mol. The van der Waals surface area contributed by atoms with Crippen molar-refractivity contribution < 1.29 is 18.0 Å². The van der Waals surface area contributed by atoms with Gasteiger partial charge in [-0.05, 0) is 30.9 Å². The SMILES string of the molecule is CCCC(CCBr)CNC(=O)c1ccc(F)c(F)c1F. The molecular formula is C14H17BrF3NO. The van der Waals surface area contributed by atoms with E-state index < -0.39 is 28.9 Å². The molecule has 0 heterocycles. The largest absolute Gasteiger partial charge is 0.352 e. The molecule has 2 nitrogen and oxygen atoms in total. The highest BCUT2D eigenvalue weighted by atomic mass is 79.9. The summed E-state index contributed by atoms with van der Waals surface area (Å²) in [5.74, 6) is -4.82. The zero-order chi connectivity index (χ0) is 15.1. The summed E-state index contributed by atoms with van der Waals surface area (Å²) in [6, 6.07) is 1.69. The van der Waals surface area contributed by atoms with Crippen LogP contribution in [0.3, 0.4) is 0 Å². The van der Waals surface area contributed by atoms with Crippen LogP contribution in [-0.4, -0.2) is 17.8 Å². The molecule has 112 valence electrons. The predicted molar refractivity (Wildman–Crippen MR) is 75.5 cm³/mol. The molecule has 1 amide bonds. The van der Waals surface area contributed by atoms with Crippen LogP contribution >= 0.6 is 15.9 Å². The van der Waals surface area contributed by atoms with Crippen LogP contribution in [0.5, 0.6) is 0 Å². The lowest BCUT2D eigenvalue weighted by Crippen LogP contribution is -2.30. The quantitative estimate of drug-likeness (QED) is 0.583. The molecule has 1 N–H and O–H groups in total. The van der Waals surface area contributed by atoms with Crippen molar-refractivity contribution in [2.75, 3.05) is 11.9 Å². The maximum Gasteiger partial charge on any atom is 0.254 e. The van der Waals surface area contributed by atoms with Gasteiger partial charge in [0.05, 0.1) is 5.56 Å². The summed E-state index contributed by atoms with van der Waals surface area (Å²) in [4.78, 5) is 11.8. The van der Waals surface area contributed by atoms with Gasteiger partial charge in [0.15, 0.2) is 17.5 Å². The number of hydrogen-bond donors (Lipinski definition) is 1. The fraction of sp³-hybridized carbons (Fsp3) is 0.500. The van der Waals surface area contributed by atoms with Gasteiger partial charge in [-0.3, -0.25) is 4.79 Å². The van der Waals surface area contributed by atoms with Gasteiger partial charge in [0.25, 0.3) is 5.91 Å². The number of benzene rings is 1. The van der Waals surface area contributed by atoms with E-state index in [-0.39, 0.29) is 5.92 Å². The Morgan fingerprint density at radius 3 is 2.55 bits per heavy atom. The number of hydrogen-bond acceptors (Lipinski definition) is 1. The lowest BCUT2D eigenvalue weighted by molar-refractivity contribution is 0.0940. The molecule has 6 heteroatoms. The number of alkyl halides is 1. The third-order valence-electron chi connectivity index (χ3n) is 3.05. The molecule has 1 rings (SSSR count). The zero-order valence-corrected chi connectivity index (χ0v) is 12.8. The minimum Gasteiger partial charge on any atom is -0.352 e. The van der Waals surface area contributed by atoms with Crippen molar-refractivity contribution in [2.45, 2.75) is 26.2 Å². The van der Waals surface area contributed by atoms with Crippen molar-refractivity contribution in [3.05, 3.63) is 35.1 Å². The Bertz CT molecular complexity index is 462. The monoisotopic (exact) mass is 351 g/mol. The molecule has 0 aromatic heterocycles. The molecule has 20 heavy (non-hydrogen) atoms. The predicted octanol–water partition coefficient (Wildman–Crippen LogP) is 4.04. The Kier molecular flexibility index (Phi) is 7.05. The van der Waals surface area contributed by atoms with Crippen LogP contribution in [0.15, 0.2) is 12.1 Å². The molecule has 0 fully saturated rings. The summed E-state index contributed by atoms with van der Waals surface area (Å²) in [6.07, 6.45) is 2.80.